The van der Waals surface area contributed by atoms with Crippen molar-refractivity contribution in [3.05, 3.63) is 63.7 Å². The van der Waals surface area contributed by atoms with E-state index >= 15 is 0 Å². The molecule has 0 saturated heterocycles. The number of nitro groups is 1. The van der Waals surface area contributed by atoms with Crippen molar-refractivity contribution in [3.8, 4) is 5.75 Å². The first kappa shape index (κ1) is 17.3. The Morgan fingerprint density at radius 2 is 2.00 bits per heavy atom. The lowest BCUT2D eigenvalue weighted by atomic mass is 10.1. The van der Waals surface area contributed by atoms with Crippen LogP contribution in [-0.4, -0.2) is 17.4 Å². The van der Waals surface area contributed by atoms with Crippen LogP contribution in [0.5, 0.6) is 5.75 Å². The van der Waals surface area contributed by atoms with Crippen LogP contribution in [0.15, 0.2) is 47.4 Å². The standard InChI is InChI=1S/C18H18N2O4S/c1-2-3-10-24-14-7-4-12(5-8-14)18-19-17(21)15-11-13(20(22)23)6-9-16(15)25-18/h4-9,11,18H,2-3,10H2,1H3,(H,19,21). The number of carbonyl (C=O) groups excluding carboxylic acids is 1. The van der Waals surface area contributed by atoms with Gasteiger partial charge in [0.15, 0.2) is 0 Å². The number of hydrogen-bond donors (Lipinski definition) is 1. The number of fused-ring (bicyclic) bond motifs is 1. The van der Waals surface area contributed by atoms with E-state index in [1.165, 1.54) is 23.9 Å². The van der Waals surface area contributed by atoms with E-state index in [9.17, 15) is 14.9 Å². The van der Waals surface area contributed by atoms with Gasteiger partial charge in [0, 0.05) is 17.0 Å². The number of benzene rings is 2. The highest BCUT2D eigenvalue weighted by Gasteiger charge is 2.27. The summed E-state index contributed by atoms with van der Waals surface area (Å²) in [6, 6.07) is 12.0. The molecule has 0 radical (unpaired) electrons. The van der Waals surface area contributed by atoms with Crippen LogP contribution in [0.25, 0.3) is 0 Å². The van der Waals surface area contributed by atoms with Crippen molar-refractivity contribution in [2.24, 2.45) is 0 Å². The quantitative estimate of drug-likeness (QED) is 0.473. The Labute approximate surface area is 149 Å². The number of ether oxygens (including phenoxy) is 1. The van der Waals surface area contributed by atoms with Gasteiger partial charge in [0.25, 0.3) is 11.6 Å². The number of rotatable bonds is 6. The molecule has 1 unspecified atom stereocenters. The van der Waals surface area contributed by atoms with Crippen LogP contribution >= 0.6 is 11.8 Å². The molecule has 25 heavy (non-hydrogen) atoms. The fourth-order valence-electron chi connectivity index (χ4n) is 2.49. The highest BCUT2D eigenvalue weighted by atomic mass is 32.2. The smallest absolute Gasteiger partial charge is 0.270 e. The van der Waals surface area contributed by atoms with E-state index in [0.29, 0.717) is 12.2 Å². The highest BCUT2D eigenvalue weighted by Crippen LogP contribution is 2.40. The number of carbonyl (C=O) groups is 1. The van der Waals surface area contributed by atoms with E-state index in [-0.39, 0.29) is 17.0 Å². The van der Waals surface area contributed by atoms with Crippen LogP contribution in [0.3, 0.4) is 0 Å². The van der Waals surface area contributed by atoms with Crippen LogP contribution in [0, 0.1) is 10.1 Å². The number of thioether (sulfide) groups is 1. The van der Waals surface area contributed by atoms with E-state index in [2.05, 4.69) is 12.2 Å². The zero-order valence-electron chi connectivity index (χ0n) is 13.7. The minimum Gasteiger partial charge on any atom is -0.494 e. The van der Waals surface area contributed by atoms with E-state index in [1.54, 1.807) is 6.07 Å². The van der Waals surface area contributed by atoms with Gasteiger partial charge >= 0.3 is 0 Å². The summed E-state index contributed by atoms with van der Waals surface area (Å²) in [6.45, 7) is 2.80. The predicted molar refractivity (Wildman–Crippen MR) is 96.0 cm³/mol. The molecular formula is C18H18N2O4S. The molecule has 0 spiro atoms. The lowest BCUT2D eigenvalue weighted by Crippen LogP contribution is -2.30. The lowest BCUT2D eigenvalue weighted by molar-refractivity contribution is -0.384. The molecule has 0 bridgehead atoms. The molecule has 6 nitrogen and oxygen atoms in total. The molecule has 1 aliphatic heterocycles. The first-order valence-corrected chi connectivity index (χ1v) is 8.95. The van der Waals surface area contributed by atoms with Gasteiger partial charge in [-0.1, -0.05) is 37.2 Å². The van der Waals surface area contributed by atoms with Crippen LogP contribution in [0.1, 0.15) is 41.1 Å². The molecule has 1 aliphatic rings. The molecule has 3 rings (SSSR count). The van der Waals surface area contributed by atoms with E-state index in [0.717, 1.165) is 29.1 Å². The van der Waals surface area contributed by atoms with Crippen molar-refractivity contribution >= 4 is 23.4 Å². The Bertz CT molecular complexity index is 792. The van der Waals surface area contributed by atoms with Gasteiger partial charge in [-0.3, -0.25) is 14.9 Å². The summed E-state index contributed by atoms with van der Waals surface area (Å²) in [4.78, 5) is 23.4. The number of non-ortho nitro benzene ring substituents is 1. The van der Waals surface area contributed by atoms with Gasteiger partial charge in [0.05, 0.1) is 17.1 Å². The van der Waals surface area contributed by atoms with Crippen molar-refractivity contribution in [2.75, 3.05) is 6.61 Å². The normalized spacial score (nSPS) is 16.0. The van der Waals surface area contributed by atoms with E-state index < -0.39 is 4.92 Å². The van der Waals surface area contributed by atoms with Crippen molar-refractivity contribution in [1.82, 2.24) is 5.32 Å². The van der Waals surface area contributed by atoms with Crippen molar-refractivity contribution in [2.45, 2.75) is 30.0 Å². The van der Waals surface area contributed by atoms with E-state index in [4.69, 9.17) is 4.74 Å². The van der Waals surface area contributed by atoms with Crippen LogP contribution in [0.4, 0.5) is 5.69 Å². The maximum atomic E-state index is 12.3. The minimum absolute atomic E-state index is 0.0819. The average Bonchev–Trinajstić information content (AvgIpc) is 2.62. The molecule has 0 aromatic heterocycles. The van der Waals surface area contributed by atoms with E-state index in [1.807, 2.05) is 24.3 Å². The number of unbranched alkanes of at least 4 members (excludes halogenated alkanes) is 1. The molecule has 130 valence electrons. The number of amides is 1. The molecule has 2 aromatic rings. The molecule has 0 fully saturated rings. The first-order chi connectivity index (χ1) is 12.1. The van der Waals surface area contributed by atoms with Crippen molar-refractivity contribution < 1.29 is 14.5 Å². The third-order valence-corrected chi connectivity index (χ3v) is 5.11. The Hall–Kier alpha value is -2.54. The van der Waals surface area contributed by atoms with Crippen LogP contribution < -0.4 is 10.1 Å². The Kier molecular flexibility index (Phi) is 5.23. The van der Waals surface area contributed by atoms with Crippen molar-refractivity contribution in [1.29, 1.82) is 0 Å². The summed E-state index contributed by atoms with van der Waals surface area (Å²) in [5.41, 5.74) is 1.21. The van der Waals surface area contributed by atoms with Gasteiger partial charge in [-0.05, 0) is 30.2 Å². The van der Waals surface area contributed by atoms with Crippen molar-refractivity contribution in [3.63, 3.8) is 0 Å². The fraction of sp³-hybridized carbons (Fsp3) is 0.278. The second-order valence-corrected chi connectivity index (χ2v) is 6.83. The largest absolute Gasteiger partial charge is 0.494 e. The SMILES string of the molecule is CCCCOc1ccc(C2NC(=O)c3cc([N+](=O)[O-])ccc3S2)cc1. The van der Waals surface area contributed by atoms with Gasteiger partial charge in [0.2, 0.25) is 0 Å². The molecule has 1 amide bonds. The van der Waals surface area contributed by atoms with Gasteiger partial charge in [0.1, 0.15) is 11.1 Å². The maximum absolute atomic E-state index is 12.3. The zero-order chi connectivity index (χ0) is 17.8. The summed E-state index contributed by atoms with van der Waals surface area (Å²) in [7, 11) is 0. The number of nitro benzene ring substituents is 1. The Morgan fingerprint density at radius 3 is 2.68 bits per heavy atom. The van der Waals surface area contributed by atoms with Gasteiger partial charge in [-0.25, -0.2) is 0 Å². The molecule has 7 heteroatoms. The topological polar surface area (TPSA) is 81.5 Å². The second-order valence-electron chi connectivity index (χ2n) is 5.68. The Balaban J connectivity index is 1.75. The molecule has 1 atom stereocenters. The Morgan fingerprint density at radius 1 is 1.24 bits per heavy atom. The maximum Gasteiger partial charge on any atom is 0.270 e. The number of hydrogen-bond acceptors (Lipinski definition) is 5. The molecule has 1 heterocycles. The lowest BCUT2D eigenvalue weighted by Gasteiger charge is -2.25. The van der Waals surface area contributed by atoms with Gasteiger partial charge < -0.3 is 10.1 Å². The van der Waals surface area contributed by atoms with Gasteiger partial charge in [-0.15, -0.1) is 0 Å². The predicted octanol–water partition coefficient (Wildman–Crippen LogP) is 4.31. The molecule has 2 aromatic carbocycles. The minimum atomic E-state index is -0.498. The summed E-state index contributed by atoms with van der Waals surface area (Å²) >= 11 is 1.47. The summed E-state index contributed by atoms with van der Waals surface area (Å²) in [5, 5.41) is 13.5. The first-order valence-electron chi connectivity index (χ1n) is 8.07. The molecule has 0 saturated carbocycles. The second kappa shape index (κ2) is 7.57. The number of nitrogens with one attached hydrogen (secondary N) is 1. The van der Waals surface area contributed by atoms with Crippen LogP contribution in [-0.2, 0) is 0 Å². The fourth-order valence-corrected chi connectivity index (χ4v) is 3.63. The number of nitrogens with zero attached hydrogens (tertiary/aromatic N) is 1. The molecule has 1 N–H and O–H groups in total. The third-order valence-electron chi connectivity index (χ3n) is 3.88. The third kappa shape index (κ3) is 3.93. The van der Waals surface area contributed by atoms with Gasteiger partial charge in [-0.2, -0.15) is 0 Å². The molecular weight excluding hydrogens is 340 g/mol. The average molecular weight is 358 g/mol. The molecule has 0 aliphatic carbocycles. The summed E-state index contributed by atoms with van der Waals surface area (Å²) in [6.07, 6.45) is 2.10. The zero-order valence-corrected chi connectivity index (χ0v) is 14.5. The van der Waals surface area contributed by atoms with Crippen LogP contribution in [0.2, 0.25) is 0 Å². The summed E-state index contributed by atoms with van der Waals surface area (Å²) < 4.78 is 5.64. The highest BCUT2D eigenvalue weighted by molar-refractivity contribution is 7.99. The monoisotopic (exact) mass is 358 g/mol. The summed E-state index contributed by atoms with van der Waals surface area (Å²) in [5.74, 6) is 0.506.